The molecule has 3 aromatic rings. The molecule has 158 valence electrons. The van der Waals surface area contributed by atoms with Crippen LogP contribution in [0.4, 0.5) is 19.0 Å². The molecule has 0 bridgehead atoms. The highest BCUT2D eigenvalue weighted by Gasteiger charge is 2.31. The molecule has 2 aromatic heterocycles. The number of phenolic OH excluding ortho intramolecular Hbond substituents is 1. The van der Waals surface area contributed by atoms with Crippen LogP contribution in [0.5, 0.6) is 5.75 Å². The van der Waals surface area contributed by atoms with Crippen molar-refractivity contribution in [1.29, 1.82) is 0 Å². The minimum Gasteiger partial charge on any atom is -0.507 e. The first kappa shape index (κ1) is 20.3. The number of fused-ring (bicyclic) bond motifs is 1. The standard InChI is InChI=1S/C21H21F3N4O2/c22-21(23,24)13-5-6-15(18(30)9-13)19-14-7-8-25-11-16(14)20(28-27-19)26-10-12-3-1-2-4-17(12)29/h5-9,11-12,17,29-30H,1-4,10H2,(H,26,28)/t12-,17-/m1/s1. The fourth-order valence-electron chi connectivity index (χ4n) is 3.89. The number of nitrogens with one attached hydrogen (secondary N) is 1. The van der Waals surface area contributed by atoms with Crippen LogP contribution in [-0.2, 0) is 6.18 Å². The van der Waals surface area contributed by atoms with Gasteiger partial charge in [0.1, 0.15) is 11.4 Å². The molecular weight excluding hydrogens is 397 g/mol. The Hall–Kier alpha value is -2.94. The van der Waals surface area contributed by atoms with Crippen LogP contribution in [0.15, 0.2) is 36.7 Å². The van der Waals surface area contributed by atoms with Gasteiger partial charge in [0.05, 0.1) is 11.7 Å². The Balaban J connectivity index is 1.68. The summed E-state index contributed by atoms with van der Waals surface area (Å²) in [5.41, 5.74) is -0.519. The fraction of sp³-hybridized carbons (Fsp3) is 0.381. The summed E-state index contributed by atoms with van der Waals surface area (Å²) < 4.78 is 38.7. The molecule has 0 aliphatic heterocycles. The predicted octanol–water partition coefficient (Wildman–Crippen LogP) is 4.38. The monoisotopic (exact) mass is 418 g/mol. The van der Waals surface area contributed by atoms with E-state index in [1.54, 1.807) is 18.5 Å². The Morgan fingerprint density at radius 1 is 1.07 bits per heavy atom. The van der Waals surface area contributed by atoms with Gasteiger partial charge in [-0.25, -0.2) is 0 Å². The quantitative estimate of drug-likeness (QED) is 0.583. The number of aliphatic hydroxyl groups excluding tert-OH is 1. The molecule has 1 saturated carbocycles. The number of phenols is 1. The Kier molecular flexibility index (Phi) is 5.46. The lowest BCUT2D eigenvalue weighted by molar-refractivity contribution is -0.137. The van der Waals surface area contributed by atoms with Crippen LogP contribution < -0.4 is 5.32 Å². The van der Waals surface area contributed by atoms with Gasteiger partial charge in [-0.05, 0) is 37.1 Å². The number of rotatable bonds is 4. The average molecular weight is 418 g/mol. The van der Waals surface area contributed by atoms with Crippen LogP contribution in [0.2, 0.25) is 0 Å². The number of aromatic hydroxyl groups is 1. The zero-order valence-corrected chi connectivity index (χ0v) is 16.0. The first-order valence-electron chi connectivity index (χ1n) is 9.77. The van der Waals surface area contributed by atoms with E-state index < -0.39 is 17.5 Å². The van der Waals surface area contributed by atoms with E-state index >= 15 is 0 Å². The van der Waals surface area contributed by atoms with Gasteiger partial charge in [-0.2, -0.15) is 13.2 Å². The Bertz CT molecular complexity index is 1060. The molecule has 1 aromatic carbocycles. The van der Waals surface area contributed by atoms with E-state index in [1.807, 2.05) is 0 Å². The summed E-state index contributed by atoms with van der Waals surface area (Å²) in [6.45, 7) is 0.532. The van der Waals surface area contributed by atoms with Crippen LogP contribution >= 0.6 is 0 Å². The summed E-state index contributed by atoms with van der Waals surface area (Å²) in [7, 11) is 0. The minimum atomic E-state index is -4.55. The van der Waals surface area contributed by atoms with Crippen molar-refractivity contribution in [2.24, 2.45) is 5.92 Å². The number of aromatic nitrogens is 3. The van der Waals surface area contributed by atoms with Crippen molar-refractivity contribution >= 4 is 16.6 Å². The molecule has 1 fully saturated rings. The minimum absolute atomic E-state index is 0.117. The summed E-state index contributed by atoms with van der Waals surface area (Å²) >= 11 is 0. The first-order valence-corrected chi connectivity index (χ1v) is 9.77. The number of pyridine rings is 1. The van der Waals surface area contributed by atoms with E-state index in [0.717, 1.165) is 31.7 Å². The smallest absolute Gasteiger partial charge is 0.416 e. The molecule has 1 aliphatic carbocycles. The lowest BCUT2D eigenvalue weighted by Crippen LogP contribution is -2.30. The lowest BCUT2D eigenvalue weighted by Gasteiger charge is -2.27. The number of alkyl halides is 3. The lowest BCUT2D eigenvalue weighted by atomic mass is 9.86. The molecule has 0 spiro atoms. The highest BCUT2D eigenvalue weighted by Crippen LogP contribution is 2.38. The number of aliphatic hydroxyl groups is 1. The van der Waals surface area contributed by atoms with E-state index in [-0.39, 0.29) is 23.3 Å². The summed E-state index contributed by atoms with van der Waals surface area (Å²) in [6.07, 6.45) is 2.04. The van der Waals surface area contributed by atoms with Gasteiger partial charge in [0.2, 0.25) is 0 Å². The van der Waals surface area contributed by atoms with Gasteiger partial charge in [-0.3, -0.25) is 4.98 Å². The van der Waals surface area contributed by atoms with E-state index in [0.29, 0.717) is 29.2 Å². The molecule has 2 heterocycles. The van der Waals surface area contributed by atoms with Gasteiger partial charge in [0.15, 0.2) is 5.82 Å². The first-order chi connectivity index (χ1) is 14.3. The van der Waals surface area contributed by atoms with Gasteiger partial charge < -0.3 is 15.5 Å². The summed E-state index contributed by atoms with van der Waals surface area (Å²) in [5, 5.41) is 33.2. The number of nitrogens with zero attached hydrogens (tertiary/aromatic N) is 3. The second-order valence-electron chi connectivity index (χ2n) is 7.54. The second-order valence-corrected chi connectivity index (χ2v) is 7.54. The average Bonchev–Trinajstić information content (AvgIpc) is 2.72. The van der Waals surface area contributed by atoms with Crippen LogP contribution in [0, 0.1) is 5.92 Å². The van der Waals surface area contributed by atoms with Crippen LogP contribution in [0.1, 0.15) is 31.2 Å². The third-order valence-electron chi connectivity index (χ3n) is 5.56. The normalized spacial score (nSPS) is 19.7. The van der Waals surface area contributed by atoms with Crippen LogP contribution in [0.3, 0.4) is 0 Å². The van der Waals surface area contributed by atoms with Crippen molar-refractivity contribution in [2.45, 2.75) is 38.0 Å². The van der Waals surface area contributed by atoms with Gasteiger partial charge >= 0.3 is 6.18 Å². The van der Waals surface area contributed by atoms with Gasteiger partial charge in [-0.15, -0.1) is 10.2 Å². The zero-order valence-electron chi connectivity index (χ0n) is 16.0. The predicted molar refractivity (Wildman–Crippen MR) is 106 cm³/mol. The maximum Gasteiger partial charge on any atom is 0.416 e. The third kappa shape index (κ3) is 4.02. The number of benzene rings is 1. The summed E-state index contributed by atoms with van der Waals surface area (Å²) in [5.74, 6) is 0.0696. The number of anilines is 1. The molecule has 3 N–H and O–H groups in total. The Morgan fingerprint density at radius 2 is 1.87 bits per heavy atom. The largest absolute Gasteiger partial charge is 0.507 e. The highest BCUT2D eigenvalue weighted by molar-refractivity contribution is 6.00. The molecule has 1 aliphatic rings. The van der Waals surface area contributed by atoms with Crippen molar-refractivity contribution < 1.29 is 23.4 Å². The van der Waals surface area contributed by atoms with Gasteiger partial charge in [0.25, 0.3) is 0 Å². The molecule has 30 heavy (non-hydrogen) atoms. The van der Waals surface area contributed by atoms with Gasteiger partial charge in [0, 0.05) is 41.2 Å². The van der Waals surface area contributed by atoms with Crippen molar-refractivity contribution in [3.05, 3.63) is 42.2 Å². The third-order valence-corrected chi connectivity index (χ3v) is 5.56. The van der Waals surface area contributed by atoms with Crippen molar-refractivity contribution in [2.75, 3.05) is 11.9 Å². The van der Waals surface area contributed by atoms with Crippen molar-refractivity contribution in [3.63, 3.8) is 0 Å². The number of hydrogen-bond donors (Lipinski definition) is 3. The summed E-state index contributed by atoms with van der Waals surface area (Å²) in [6, 6.07) is 4.45. The molecule has 0 amide bonds. The molecule has 9 heteroatoms. The molecule has 0 unspecified atom stereocenters. The summed E-state index contributed by atoms with van der Waals surface area (Å²) in [4.78, 5) is 4.12. The second kappa shape index (κ2) is 8.06. The van der Waals surface area contributed by atoms with E-state index in [9.17, 15) is 23.4 Å². The van der Waals surface area contributed by atoms with E-state index in [2.05, 4.69) is 20.5 Å². The van der Waals surface area contributed by atoms with Crippen LogP contribution in [0.25, 0.3) is 22.0 Å². The van der Waals surface area contributed by atoms with E-state index in [4.69, 9.17) is 0 Å². The highest BCUT2D eigenvalue weighted by atomic mass is 19.4. The van der Waals surface area contributed by atoms with E-state index in [1.165, 1.54) is 6.07 Å². The number of hydrogen-bond acceptors (Lipinski definition) is 6. The molecule has 6 nitrogen and oxygen atoms in total. The maximum atomic E-state index is 12.9. The Labute approximate surface area is 170 Å². The molecule has 4 rings (SSSR count). The molecular formula is C21H21F3N4O2. The molecule has 2 atom stereocenters. The van der Waals surface area contributed by atoms with Crippen molar-refractivity contribution in [3.8, 4) is 17.0 Å². The van der Waals surface area contributed by atoms with Crippen LogP contribution in [-0.4, -0.2) is 38.0 Å². The molecule has 0 radical (unpaired) electrons. The number of halogens is 3. The zero-order chi connectivity index (χ0) is 21.3. The fourth-order valence-corrected chi connectivity index (χ4v) is 3.89. The maximum absolute atomic E-state index is 12.9. The van der Waals surface area contributed by atoms with Crippen molar-refractivity contribution in [1.82, 2.24) is 15.2 Å². The van der Waals surface area contributed by atoms with Gasteiger partial charge in [-0.1, -0.05) is 12.8 Å². The Morgan fingerprint density at radius 3 is 2.60 bits per heavy atom. The molecule has 0 saturated heterocycles. The SMILES string of the molecule is Oc1cc(C(F)(F)F)ccc1-c1nnc(NC[C@H]2CCCC[C@H]2O)c2cnccc12. The topological polar surface area (TPSA) is 91.2 Å².